The number of nitrogens with one attached hydrogen (secondary N) is 2. The van der Waals surface area contributed by atoms with E-state index in [1.54, 1.807) is 24.3 Å². The number of aromatic nitrogens is 1. The SMILES string of the molecule is C=CCOC(=O)[C@@H](C)C[C@H](Cc1ccccc1)NC(=O)c1csc([C@@H](C[C@H](C(C)C)N(C)C(=O)[C@@H](NC(=O)OCC2c3ccccc3-c3ccccc32)[C@@H](C)CC)OCC(=C)C)n1. The van der Waals surface area contributed by atoms with Crippen molar-refractivity contribution in [1.29, 1.82) is 0 Å². The summed E-state index contributed by atoms with van der Waals surface area (Å²) in [5, 5.41) is 8.35. The summed E-state index contributed by atoms with van der Waals surface area (Å²) < 4.78 is 17.6. The zero-order chi connectivity index (χ0) is 45.6. The van der Waals surface area contributed by atoms with E-state index < -0.39 is 24.2 Å². The fourth-order valence-electron chi connectivity index (χ4n) is 8.11. The lowest BCUT2D eigenvalue weighted by molar-refractivity contribution is -0.147. The number of hydrogen-bond donors (Lipinski definition) is 2. The molecule has 1 aromatic heterocycles. The average Bonchev–Trinajstić information content (AvgIpc) is 3.90. The Morgan fingerprint density at radius 1 is 0.889 bits per heavy atom. The largest absolute Gasteiger partial charge is 0.461 e. The highest BCUT2D eigenvalue weighted by Crippen LogP contribution is 2.44. The number of likely N-dealkylation sites (N-methyl/N-ethyl adjacent to an activating group) is 1. The predicted molar refractivity (Wildman–Crippen MR) is 249 cm³/mol. The first-order valence-corrected chi connectivity index (χ1v) is 22.8. The zero-order valence-electron chi connectivity index (χ0n) is 37.8. The molecule has 3 amide bonds. The van der Waals surface area contributed by atoms with Crippen LogP contribution in [-0.2, 0) is 30.2 Å². The highest BCUT2D eigenvalue weighted by atomic mass is 32.1. The van der Waals surface area contributed by atoms with Crippen LogP contribution in [0.15, 0.2) is 109 Å². The molecule has 3 aromatic carbocycles. The van der Waals surface area contributed by atoms with Crippen LogP contribution in [-0.4, -0.2) is 78.8 Å². The van der Waals surface area contributed by atoms with Gasteiger partial charge in [0.2, 0.25) is 5.91 Å². The molecule has 11 nitrogen and oxygen atoms in total. The molecule has 5 rings (SSSR count). The number of carbonyl (C=O) groups excluding carboxylic acids is 4. The second-order valence-electron chi connectivity index (χ2n) is 17.1. The van der Waals surface area contributed by atoms with Crippen molar-refractivity contribution in [2.75, 3.05) is 26.9 Å². The fourth-order valence-corrected chi connectivity index (χ4v) is 8.97. The molecule has 0 spiro atoms. The van der Waals surface area contributed by atoms with Gasteiger partial charge in [-0.15, -0.1) is 11.3 Å². The molecule has 2 N–H and O–H groups in total. The Morgan fingerprint density at radius 2 is 1.52 bits per heavy atom. The summed E-state index contributed by atoms with van der Waals surface area (Å²) in [6, 6.07) is 24.6. The minimum atomic E-state index is -0.836. The van der Waals surface area contributed by atoms with Crippen molar-refractivity contribution < 1.29 is 33.4 Å². The predicted octanol–water partition coefficient (Wildman–Crippen LogP) is 9.70. The molecule has 0 bridgehead atoms. The summed E-state index contributed by atoms with van der Waals surface area (Å²) in [4.78, 5) is 61.0. The van der Waals surface area contributed by atoms with Crippen LogP contribution in [0.1, 0.15) is 105 Å². The second kappa shape index (κ2) is 23.2. The van der Waals surface area contributed by atoms with Gasteiger partial charge in [-0.25, -0.2) is 9.78 Å². The number of alkyl carbamates (subject to hydrolysis) is 1. The van der Waals surface area contributed by atoms with Gasteiger partial charge in [0.1, 0.15) is 36.1 Å². The van der Waals surface area contributed by atoms with Crippen LogP contribution >= 0.6 is 11.3 Å². The molecule has 6 atom stereocenters. The van der Waals surface area contributed by atoms with Crippen molar-refractivity contribution in [1.82, 2.24) is 20.5 Å². The summed E-state index contributed by atoms with van der Waals surface area (Å²) in [5.41, 5.74) is 6.55. The Balaban J connectivity index is 1.29. The van der Waals surface area contributed by atoms with Crippen LogP contribution in [0, 0.1) is 17.8 Å². The topological polar surface area (TPSA) is 136 Å². The third-order valence-electron chi connectivity index (χ3n) is 11.8. The number of rotatable bonds is 23. The Hall–Kier alpha value is -5.59. The van der Waals surface area contributed by atoms with Gasteiger partial charge in [-0.2, -0.15) is 0 Å². The van der Waals surface area contributed by atoms with Gasteiger partial charge in [-0.05, 0) is 59.4 Å². The van der Waals surface area contributed by atoms with E-state index in [4.69, 9.17) is 19.2 Å². The van der Waals surface area contributed by atoms with Gasteiger partial charge in [0, 0.05) is 36.9 Å². The van der Waals surface area contributed by atoms with Crippen molar-refractivity contribution in [2.45, 2.75) is 97.4 Å². The van der Waals surface area contributed by atoms with Gasteiger partial charge in [0.25, 0.3) is 5.91 Å². The summed E-state index contributed by atoms with van der Waals surface area (Å²) in [5.74, 6) is -1.73. The van der Waals surface area contributed by atoms with Crippen LogP contribution in [0.25, 0.3) is 11.1 Å². The van der Waals surface area contributed by atoms with E-state index in [1.165, 1.54) is 17.4 Å². The van der Waals surface area contributed by atoms with Crippen molar-refractivity contribution in [3.05, 3.63) is 136 Å². The van der Waals surface area contributed by atoms with E-state index in [-0.39, 0.29) is 73.1 Å². The number of nitrogens with zero attached hydrogens (tertiary/aromatic N) is 2. The highest BCUT2D eigenvalue weighted by molar-refractivity contribution is 7.09. The molecule has 63 heavy (non-hydrogen) atoms. The van der Waals surface area contributed by atoms with Gasteiger partial charge in [-0.3, -0.25) is 14.4 Å². The standard InChI is InChI=1S/C51H64N4O7S/c1-10-25-60-50(58)35(8)26-37(27-36-19-13-12-14-20-36)52-47(56)43-31-63-48(53-43)45(61-29-32(3)4)28-44(33(5)6)55(9)49(57)46(34(7)11-2)54-51(59)62-30-42-40-23-17-15-21-38(40)39-22-16-18-24-41(39)42/h10,12-24,31,33-35,37,42,44-46H,1,3,11,25-30H2,2,4-9H3,(H,52,56)(H,54,59)/t34-,35-,37+,44+,45+,46-/m0/s1. The first-order valence-electron chi connectivity index (χ1n) is 21.9. The number of hydrogen-bond acceptors (Lipinski definition) is 9. The van der Waals surface area contributed by atoms with Gasteiger partial charge in [0.05, 0.1) is 12.5 Å². The first-order chi connectivity index (χ1) is 30.2. The molecule has 4 aromatic rings. The Kier molecular flexibility index (Phi) is 17.8. The average molecular weight is 877 g/mol. The number of thiazole rings is 1. The number of fused-ring (bicyclic) bond motifs is 3. The number of benzene rings is 3. The minimum absolute atomic E-state index is 0.0106. The first kappa shape index (κ1) is 48.4. The van der Waals surface area contributed by atoms with E-state index in [1.807, 2.05) is 89.2 Å². The lowest BCUT2D eigenvalue weighted by Gasteiger charge is -2.37. The van der Waals surface area contributed by atoms with E-state index in [2.05, 4.69) is 48.1 Å². The molecular weight excluding hydrogens is 813 g/mol. The number of amides is 3. The molecule has 336 valence electrons. The van der Waals surface area contributed by atoms with E-state index in [0.29, 0.717) is 30.7 Å². The Labute approximate surface area is 377 Å². The maximum absolute atomic E-state index is 14.5. The van der Waals surface area contributed by atoms with Gasteiger partial charge in [0.15, 0.2) is 0 Å². The maximum Gasteiger partial charge on any atom is 0.407 e. The molecule has 1 heterocycles. The molecular formula is C51H64N4O7S. The van der Waals surface area contributed by atoms with Crippen molar-refractivity contribution in [3.8, 4) is 11.1 Å². The third kappa shape index (κ3) is 13.0. The molecule has 1 aliphatic rings. The van der Waals surface area contributed by atoms with Crippen LogP contribution in [0.2, 0.25) is 0 Å². The van der Waals surface area contributed by atoms with Crippen LogP contribution in [0.5, 0.6) is 0 Å². The lowest BCUT2D eigenvalue weighted by atomic mass is 9.93. The molecule has 1 aliphatic carbocycles. The lowest BCUT2D eigenvalue weighted by Crippen LogP contribution is -2.54. The van der Waals surface area contributed by atoms with Crippen molar-refractivity contribution in [3.63, 3.8) is 0 Å². The summed E-state index contributed by atoms with van der Waals surface area (Å²) in [7, 11) is 1.76. The summed E-state index contributed by atoms with van der Waals surface area (Å²) >= 11 is 1.31. The Bertz CT molecular complexity index is 2140. The van der Waals surface area contributed by atoms with Crippen molar-refractivity contribution >= 4 is 35.2 Å². The zero-order valence-corrected chi connectivity index (χ0v) is 38.6. The highest BCUT2D eigenvalue weighted by Gasteiger charge is 2.36. The fraction of sp³-hybridized carbons (Fsp3) is 0.431. The number of carbonyl (C=O) groups is 4. The van der Waals surface area contributed by atoms with Crippen LogP contribution < -0.4 is 10.6 Å². The molecule has 0 radical (unpaired) electrons. The summed E-state index contributed by atoms with van der Waals surface area (Å²) in [6.45, 7) is 19.9. The van der Waals surface area contributed by atoms with E-state index in [0.717, 1.165) is 33.4 Å². The van der Waals surface area contributed by atoms with Gasteiger partial charge in [-0.1, -0.05) is 145 Å². The van der Waals surface area contributed by atoms with E-state index >= 15 is 0 Å². The van der Waals surface area contributed by atoms with E-state index in [9.17, 15) is 19.2 Å². The molecule has 0 saturated carbocycles. The quantitative estimate of drug-likeness (QED) is 0.0556. The summed E-state index contributed by atoms with van der Waals surface area (Å²) in [6.07, 6.45) is 2.21. The molecule has 0 saturated heterocycles. The second-order valence-corrected chi connectivity index (χ2v) is 18.0. The molecule has 0 aliphatic heterocycles. The van der Waals surface area contributed by atoms with Gasteiger partial charge < -0.3 is 29.7 Å². The number of ether oxygens (including phenoxy) is 3. The third-order valence-corrected chi connectivity index (χ3v) is 12.7. The van der Waals surface area contributed by atoms with Crippen LogP contribution in [0.4, 0.5) is 4.79 Å². The maximum atomic E-state index is 14.5. The Morgan fingerprint density at radius 3 is 2.13 bits per heavy atom. The monoisotopic (exact) mass is 876 g/mol. The molecule has 0 fully saturated rings. The van der Waals surface area contributed by atoms with Gasteiger partial charge >= 0.3 is 12.1 Å². The normalized spacial score (nSPS) is 14.9. The molecule has 0 unspecified atom stereocenters. The van der Waals surface area contributed by atoms with Crippen molar-refractivity contribution in [2.24, 2.45) is 17.8 Å². The smallest absolute Gasteiger partial charge is 0.407 e. The minimum Gasteiger partial charge on any atom is -0.461 e. The number of esters is 1. The van der Waals surface area contributed by atoms with Crippen LogP contribution in [0.3, 0.4) is 0 Å². The molecule has 12 heteroatoms.